The van der Waals surface area contributed by atoms with Crippen LogP contribution in [-0.2, 0) is 11.3 Å². The van der Waals surface area contributed by atoms with Gasteiger partial charge in [-0.15, -0.1) is 5.10 Å². The lowest BCUT2D eigenvalue weighted by Crippen LogP contribution is -2.30. The number of hydrogen-bond donors (Lipinski definition) is 1. The molecule has 0 saturated carbocycles. The average Bonchev–Trinajstić information content (AvgIpc) is 3.16. The first kappa shape index (κ1) is 18.1. The predicted octanol–water partition coefficient (Wildman–Crippen LogP) is 3.59. The Morgan fingerprint density at radius 2 is 2.08 bits per heavy atom. The zero-order valence-electron chi connectivity index (χ0n) is 14.5. The molecule has 1 N–H and O–H groups in total. The van der Waals surface area contributed by atoms with Crippen LogP contribution < -0.4 is 10.1 Å². The molecule has 3 rings (SSSR count). The van der Waals surface area contributed by atoms with E-state index in [0.717, 1.165) is 27.0 Å². The molecule has 0 saturated heterocycles. The van der Waals surface area contributed by atoms with Gasteiger partial charge in [-0.05, 0) is 36.8 Å². The molecule has 2 aromatic carbocycles. The summed E-state index contributed by atoms with van der Waals surface area (Å²) in [5.41, 5.74) is 2.63. The minimum atomic E-state index is -0.464. The number of amides is 1. The van der Waals surface area contributed by atoms with Crippen LogP contribution in [0.4, 0.5) is 0 Å². The van der Waals surface area contributed by atoms with Gasteiger partial charge in [0, 0.05) is 16.6 Å². The van der Waals surface area contributed by atoms with Crippen molar-refractivity contribution in [3.05, 3.63) is 64.8 Å². The fraction of sp³-hybridized carbons (Fsp3) is 0.211. The number of nitrogens with zero attached hydrogens (tertiary/aromatic N) is 3. The van der Waals surface area contributed by atoms with E-state index in [9.17, 15) is 4.79 Å². The van der Waals surface area contributed by atoms with Gasteiger partial charge < -0.3 is 10.1 Å². The van der Waals surface area contributed by atoms with E-state index in [2.05, 4.69) is 31.6 Å². The van der Waals surface area contributed by atoms with Crippen molar-refractivity contribution in [1.29, 1.82) is 0 Å². The summed E-state index contributed by atoms with van der Waals surface area (Å²) in [5.74, 6) is 0.637. The molecule has 0 bridgehead atoms. The Morgan fingerprint density at radius 1 is 1.27 bits per heavy atom. The SMILES string of the molecule is COc1cccc(CNC(=O)C(C)n2cc(-c3cccc(Br)c3)nn2)c1. The molecule has 1 unspecified atom stereocenters. The van der Waals surface area contributed by atoms with E-state index >= 15 is 0 Å². The molecule has 3 aromatic rings. The van der Waals surface area contributed by atoms with Crippen LogP contribution in [0.15, 0.2) is 59.2 Å². The minimum Gasteiger partial charge on any atom is -0.497 e. The Labute approximate surface area is 160 Å². The van der Waals surface area contributed by atoms with E-state index in [1.807, 2.05) is 48.5 Å². The highest BCUT2D eigenvalue weighted by Gasteiger charge is 2.17. The second kappa shape index (κ2) is 8.14. The number of rotatable bonds is 6. The second-order valence-corrected chi connectivity index (χ2v) is 6.76. The molecule has 0 radical (unpaired) electrons. The van der Waals surface area contributed by atoms with E-state index < -0.39 is 6.04 Å². The molecular formula is C19H19BrN4O2. The average molecular weight is 415 g/mol. The third-order valence-electron chi connectivity index (χ3n) is 4.01. The lowest BCUT2D eigenvalue weighted by atomic mass is 10.2. The van der Waals surface area contributed by atoms with E-state index in [-0.39, 0.29) is 5.91 Å². The summed E-state index contributed by atoms with van der Waals surface area (Å²) < 4.78 is 7.73. The predicted molar refractivity (Wildman–Crippen MR) is 103 cm³/mol. The number of halogens is 1. The highest BCUT2D eigenvalue weighted by molar-refractivity contribution is 9.10. The number of carbonyl (C=O) groups excluding carboxylic acids is 1. The number of aromatic nitrogens is 3. The van der Waals surface area contributed by atoms with Gasteiger partial charge in [0.05, 0.1) is 13.3 Å². The maximum Gasteiger partial charge on any atom is 0.244 e. The first-order valence-electron chi connectivity index (χ1n) is 8.15. The van der Waals surface area contributed by atoms with Crippen LogP contribution >= 0.6 is 15.9 Å². The molecule has 0 aliphatic carbocycles. The molecule has 134 valence electrons. The minimum absolute atomic E-state index is 0.126. The van der Waals surface area contributed by atoms with Crippen LogP contribution in [-0.4, -0.2) is 28.0 Å². The van der Waals surface area contributed by atoms with Crippen molar-refractivity contribution in [3.63, 3.8) is 0 Å². The molecule has 6 nitrogen and oxygen atoms in total. The largest absolute Gasteiger partial charge is 0.497 e. The number of hydrogen-bond acceptors (Lipinski definition) is 4. The smallest absolute Gasteiger partial charge is 0.244 e. The molecule has 0 fully saturated rings. The summed E-state index contributed by atoms with van der Waals surface area (Å²) >= 11 is 3.44. The highest BCUT2D eigenvalue weighted by Crippen LogP contribution is 2.21. The van der Waals surface area contributed by atoms with Crippen molar-refractivity contribution < 1.29 is 9.53 Å². The van der Waals surface area contributed by atoms with Gasteiger partial charge >= 0.3 is 0 Å². The van der Waals surface area contributed by atoms with Crippen LogP contribution in [0.1, 0.15) is 18.5 Å². The maximum atomic E-state index is 12.4. The Balaban J connectivity index is 1.65. The van der Waals surface area contributed by atoms with Crippen molar-refractivity contribution in [3.8, 4) is 17.0 Å². The first-order chi connectivity index (χ1) is 12.6. The highest BCUT2D eigenvalue weighted by atomic mass is 79.9. The van der Waals surface area contributed by atoms with Gasteiger partial charge in [-0.3, -0.25) is 4.79 Å². The van der Waals surface area contributed by atoms with Crippen molar-refractivity contribution in [2.75, 3.05) is 7.11 Å². The van der Waals surface area contributed by atoms with Gasteiger partial charge in [-0.2, -0.15) is 0 Å². The quantitative estimate of drug-likeness (QED) is 0.668. The molecule has 0 aliphatic rings. The van der Waals surface area contributed by atoms with Crippen LogP contribution in [0, 0.1) is 0 Å². The van der Waals surface area contributed by atoms with Gasteiger partial charge in [0.15, 0.2) is 0 Å². The van der Waals surface area contributed by atoms with E-state index in [1.165, 1.54) is 0 Å². The van der Waals surface area contributed by atoms with Gasteiger partial charge in [0.2, 0.25) is 5.91 Å². The molecule has 0 aliphatic heterocycles. The first-order valence-corrected chi connectivity index (χ1v) is 8.94. The summed E-state index contributed by atoms with van der Waals surface area (Å²) in [6, 6.07) is 14.9. The van der Waals surface area contributed by atoms with Crippen LogP contribution in [0.3, 0.4) is 0 Å². The van der Waals surface area contributed by atoms with Crippen LogP contribution in [0.2, 0.25) is 0 Å². The normalized spacial score (nSPS) is 11.8. The lowest BCUT2D eigenvalue weighted by molar-refractivity contribution is -0.124. The zero-order chi connectivity index (χ0) is 18.5. The molecule has 1 heterocycles. The number of nitrogens with one attached hydrogen (secondary N) is 1. The third kappa shape index (κ3) is 4.29. The van der Waals surface area contributed by atoms with E-state index in [4.69, 9.17) is 4.74 Å². The van der Waals surface area contributed by atoms with E-state index in [0.29, 0.717) is 6.54 Å². The van der Waals surface area contributed by atoms with Crippen molar-refractivity contribution in [2.24, 2.45) is 0 Å². The summed E-state index contributed by atoms with van der Waals surface area (Å²) in [7, 11) is 1.62. The van der Waals surface area contributed by atoms with Crippen LogP contribution in [0.25, 0.3) is 11.3 Å². The fourth-order valence-electron chi connectivity index (χ4n) is 2.49. The van der Waals surface area contributed by atoms with Crippen LogP contribution in [0.5, 0.6) is 5.75 Å². The van der Waals surface area contributed by atoms with E-state index in [1.54, 1.807) is 24.9 Å². The number of carbonyl (C=O) groups is 1. The molecule has 0 spiro atoms. The molecule has 26 heavy (non-hydrogen) atoms. The topological polar surface area (TPSA) is 69.0 Å². The van der Waals surface area contributed by atoms with Crippen molar-refractivity contribution in [1.82, 2.24) is 20.3 Å². The van der Waals surface area contributed by atoms with Gasteiger partial charge in [0.1, 0.15) is 17.5 Å². The molecule has 1 atom stereocenters. The number of benzene rings is 2. The number of methoxy groups -OCH3 is 1. The van der Waals surface area contributed by atoms with Crippen molar-refractivity contribution in [2.45, 2.75) is 19.5 Å². The summed E-state index contributed by atoms with van der Waals surface area (Å²) in [6.45, 7) is 2.22. The molecule has 1 aromatic heterocycles. The monoisotopic (exact) mass is 414 g/mol. The Morgan fingerprint density at radius 3 is 2.85 bits per heavy atom. The molecule has 1 amide bonds. The summed E-state index contributed by atoms with van der Waals surface area (Å²) in [5, 5.41) is 11.2. The zero-order valence-corrected chi connectivity index (χ0v) is 16.1. The maximum absolute atomic E-state index is 12.4. The summed E-state index contributed by atoms with van der Waals surface area (Å²) in [6.07, 6.45) is 1.78. The lowest BCUT2D eigenvalue weighted by Gasteiger charge is -2.12. The van der Waals surface area contributed by atoms with Gasteiger partial charge in [-0.1, -0.05) is 45.4 Å². The number of ether oxygens (including phenoxy) is 1. The fourth-order valence-corrected chi connectivity index (χ4v) is 2.88. The molecular weight excluding hydrogens is 396 g/mol. The second-order valence-electron chi connectivity index (χ2n) is 5.84. The Bertz CT molecular complexity index is 910. The van der Waals surface area contributed by atoms with Gasteiger partial charge in [-0.25, -0.2) is 4.68 Å². The molecule has 7 heteroatoms. The Hall–Kier alpha value is -2.67. The standard InChI is InChI=1S/C19H19BrN4O2/c1-13(19(25)21-11-14-5-3-8-17(9-14)26-2)24-12-18(22-23-24)15-6-4-7-16(20)10-15/h3-10,12-13H,11H2,1-2H3,(H,21,25). The third-order valence-corrected chi connectivity index (χ3v) is 4.50. The Kier molecular flexibility index (Phi) is 5.68. The van der Waals surface area contributed by atoms with Gasteiger partial charge in [0.25, 0.3) is 0 Å². The summed E-state index contributed by atoms with van der Waals surface area (Å²) in [4.78, 5) is 12.4. The van der Waals surface area contributed by atoms with Crippen molar-refractivity contribution >= 4 is 21.8 Å².